The molecule has 17 heavy (non-hydrogen) atoms. The highest BCUT2D eigenvalue weighted by Gasteiger charge is 2.12. The van der Waals surface area contributed by atoms with Gasteiger partial charge in [0.2, 0.25) is 0 Å². The van der Waals surface area contributed by atoms with Crippen LogP contribution in [0.5, 0.6) is 0 Å². The van der Waals surface area contributed by atoms with Gasteiger partial charge >= 0.3 is 0 Å². The van der Waals surface area contributed by atoms with Gasteiger partial charge < -0.3 is 11.1 Å². The summed E-state index contributed by atoms with van der Waals surface area (Å²) >= 11 is 4.95. The molecular weight excluding hydrogens is 232 g/mol. The van der Waals surface area contributed by atoms with Crippen LogP contribution in [0, 0.1) is 5.92 Å². The van der Waals surface area contributed by atoms with E-state index in [1.807, 2.05) is 0 Å². The normalized spacial score (nSPS) is 14.1. The number of thiocarbonyl (C=S) groups is 1. The van der Waals surface area contributed by atoms with Crippen molar-refractivity contribution in [1.82, 2.24) is 9.97 Å². The van der Waals surface area contributed by atoms with Crippen LogP contribution in [0.4, 0.5) is 5.82 Å². The van der Waals surface area contributed by atoms with Crippen molar-refractivity contribution in [3.63, 3.8) is 0 Å². The van der Waals surface area contributed by atoms with Crippen molar-refractivity contribution in [1.29, 1.82) is 0 Å². The fourth-order valence-electron chi connectivity index (χ4n) is 1.69. The maximum absolute atomic E-state index is 5.61. The molecule has 0 saturated carbocycles. The Bertz CT molecular complexity index is 381. The van der Waals surface area contributed by atoms with E-state index in [4.69, 9.17) is 18.0 Å². The molecule has 2 unspecified atom stereocenters. The van der Waals surface area contributed by atoms with Crippen LogP contribution in [0.15, 0.2) is 12.4 Å². The van der Waals surface area contributed by atoms with E-state index in [2.05, 4.69) is 36.1 Å². The van der Waals surface area contributed by atoms with Crippen LogP contribution < -0.4 is 11.1 Å². The molecule has 0 fully saturated rings. The van der Waals surface area contributed by atoms with Gasteiger partial charge in [0, 0.05) is 18.4 Å². The van der Waals surface area contributed by atoms with Gasteiger partial charge in [0.05, 0.1) is 0 Å². The fraction of sp³-hybridized carbons (Fsp3) is 0.583. The molecule has 0 aliphatic heterocycles. The van der Waals surface area contributed by atoms with Crippen molar-refractivity contribution >= 4 is 23.0 Å². The summed E-state index contributed by atoms with van der Waals surface area (Å²) in [6.45, 7) is 6.56. The Morgan fingerprint density at radius 3 is 2.65 bits per heavy atom. The third-order valence-electron chi connectivity index (χ3n) is 2.77. The molecule has 1 aromatic heterocycles. The predicted molar refractivity (Wildman–Crippen MR) is 75.1 cm³/mol. The smallest absolute Gasteiger partial charge is 0.155 e. The quantitative estimate of drug-likeness (QED) is 0.761. The second kappa shape index (κ2) is 6.49. The van der Waals surface area contributed by atoms with Crippen LogP contribution in [-0.2, 0) is 0 Å². The molecule has 1 rings (SSSR count). The lowest BCUT2D eigenvalue weighted by molar-refractivity contribution is 0.483. The second-order valence-electron chi connectivity index (χ2n) is 4.41. The van der Waals surface area contributed by atoms with E-state index in [1.54, 1.807) is 12.4 Å². The summed E-state index contributed by atoms with van der Waals surface area (Å²) in [7, 11) is 0. The Morgan fingerprint density at radius 1 is 1.41 bits per heavy atom. The van der Waals surface area contributed by atoms with E-state index in [0.29, 0.717) is 23.5 Å². The van der Waals surface area contributed by atoms with Gasteiger partial charge in [-0.05, 0) is 19.3 Å². The lowest BCUT2D eigenvalue weighted by Gasteiger charge is -2.19. The molecular formula is C12H20N4S. The van der Waals surface area contributed by atoms with Crippen LogP contribution in [0.1, 0.15) is 39.3 Å². The monoisotopic (exact) mass is 252 g/mol. The molecule has 0 spiro atoms. The average molecular weight is 252 g/mol. The molecule has 0 aromatic carbocycles. The molecule has 0 bridgehead atoms. The number of hydrogen-bond acceptors (Lipinski definition) is 4. The van der Waals surface area contributed by atoms with Crippen molar-refractivity contribution in [2.45, 2.75) is 39.7 Å². The largest absolute Gasteiger partial charge is 0.388 e. The van der Waals surface area contributed by atoms with Gasteiger partial charge in [-0.2, -0.15) is 0 Å². The van der Waals surface area contributed by atoms with E-state index in [9.17, 15) is 0 Å². The number of anilines is 1. The summed E-state index contributed by atoms with van der Waals surface area (Å²) in [6, 6.07) is 0.328. The highest BCUT2D eigenvalue weighted by molar-refractivity contribution is 7.80. The van der Waals surface area contributed by atoms with Crippen LogP contribution in [0.25, 0.3) is 0 Å². The SMILES string of the molecule is CCC(C)CC(C)Nc1nccnc1C(N)=S. The van der Waals surface area contributed by atoms with Crippen LogP contribution in [-0.4, -0.2) is 21.0 Å². The molecule has 5 heteroatoms. The van der Waals surface area contributed by atoms with Gasteiger partial charge in [-0.25, -0.2) is 9.97 Å². The standard InChI is InChI=1S/C12H20N4S/c1-4-8(2)7-9(3)16-12-10(11(13)17)14-5-6-15-12/h5-6,8-9H,4,7H2,1-3H3,(H2,13,17)(H,15,16). The Hall–Kier alpha value is -1.23. The Labute approximate surface area is 108 Å². The molecule has 0 aliphatic carbocycles. The summed E-state index contributed by atoms with van der Waals surface area (Å²) < 4.78 is 0. The minimum absolute atomic E-state index is 0.274. The van der Waals surface area contributed by atoms with Gasteiger partial charge in [-0.3, -0.25) is 0 Å². The van der Waals surface area contributed by atoms with Crippen molar-refractivity contribution in [2.75, 3.05) is 5.32 Å². The number of aromatic nitrogens is 2. The molecule has 0 amide bonds. The zero-order valence-corrected chi connectivity index (χ0v) is 11.4. The van der Waals surface area contributed by atoms with Gasteiger partial charge in [-0.15, -0.1) is 0 Å². The third kappa shape index (κ3) is 4.26. The van der Waals surface area contributed by atoms with E-state index in [-0.39, 0.29) is 4.99 Å². The average Bonchev–Trinajstić information content (AvgIpc) is 2.29. The second-order valence-corrected chi connectivity index (χ2v) is 4.85. The Morgan fingerprint density at radius 2 is 2.06 bits per heavy atom. The maximum atomic E-state index is 5.61. The summed E-state index contributed by atoms with van der Waals surface area (Å²) in [6.07, 6.45) is 5.50. The van der Waals surface area contributed by atoms with Gasteiger partial charge in [0.25, 0.3) is 0 Å². The predicted octanol–water partition coefficient (Wildman–Crippen LogP) is 2.35. The third-order valence-corrected chi connectivity index (χ3v) is 2.96. The number of nitrogens with one attached hydrogen (secondary N) is 1. The lowest BCUT2D eigenvalue weighted by atomic mass is 10.0. The lowest BCUT2D eigenvalue weighted by Crippen LogP contribution is -2.23. The van der Waals surface area contributed by atoms with E-state index < -0.39 is 0 Å². The van der Waals surface area contributed by atoms with Crippen molar-refractivity contribution in [3.8, 4) is 0 Å². The van der Waals surface area contributed by atoms with E-state index in [1.165, 1.54) is 6.42 Å². The molecule has 1 aromatic rings. The zero-order chi connectivity index (χ0) is 12.8. The molecule has 2 atom stereocenters. The van der Waals surface area contributed by atoms with Gasteiger partial charge in [0.1, 0.15) is 10.7 Å². The van der Waals surface area contributed by atoms with Crippen molar-refractivity contribution in [3.05, 3.63) is 18.1 Å². The topological polar surface area (TPSA) is 63.8 Å². The first-order valence-corrected chi connectivity index (χ1v) is 6.32. The van der Waals surface area contributed by atoms with E-state index in [0.717, 1.165) is 6.42 Å². The minimum atomic E-state index is 0.274. The number of nitrogens with two attached hydrogens (primary N) is 1. The molecule has 0 aliphatic rings. The first kappa shape index (κ1) is 13.8. The molecule has 0 radical (unpaired) electrons. The highest BCUT2D eigenvalue weighted by atomic mass is 32.1. The molecule has 94 valence electrons. The number of nitrogens with zero attached hydrogens (tertiary/aromatic N) is 2. The number of rotatable bonds is 6. The van der Waals surface area contributed by atoms with Gasteiger partial charge in [0.15, 0.2) is 5.82 Å². The first-order chi connectivity index (χ1) is 8.04. The Kier molecular flexibility index (Phi) is 5.28. The zero-order valence-electron chi connectivity index (χ0n) is 10.6. The Balaban J connectivity index is 2.71. The summed E-state index contributed by atoms with van der Waals surface area (Å²) in [5.74, 6) is 1.36. The maximum Gasteiger partial charge on any atom is 0.155 e. The van der Waals surface area contributed by atoms with Gasteiger partial charge in [-0.1, -0.05) is 32.5 Å². The molecule has 4 nitrogen and oxygen atoms in total. The molecule has 0 saturated heterocycles. The summed E-state index contributed by atoms with van der Waals surface area (Å²) in [4.78, 5) is 8.65. The van der Waals surface area contributed by atoms with Crippen LogP contribution in [0.3, 0.4) is 0 Å². The van der Waals surface area contributed by atoms with Crippen LogP contribution >= 0.6 is 12.2 Å². The summed E-state index contributed by atoms with van der Waals surface area (Å²) in [5.41, 5.74) is 6.17. The summed E-state index contributed by atoms with van der Waals surface area (Å²) in [5, 5.41) is 3.32. The highest BCUT2D eigenvalue weighted by Crippen LogP contribution is 2.15. The first-order valence-electron chi connectivity index (χ1n) is 5.91. The minimum Gasteiger partial charge on any atom is -0.388 e. The van der Waals surface area contributed by atoms with E-state index >= 15 is 0 Å². The number of hydrogen-bond donors (Lipinski definition) is 2. The molecule has 1 heterocycles. The van der Waals surface area contributed by atoms with Crippen LogP contribution in [0.2, 0.25) is 0 Å². The van der Waals surface area contributed by atoms with Crippen molar-refractivity contribution < 1.29 is 0 Å². The fourth-order valence-corrected chi connectivity index (χ4v) is 1.84. The molecule has 3 N–H and O–H groups in total. The van der Waals surface area contributed by atoms with Crippen molar-refractivity contribution in [2.24, 2.45) is 11.7 Å².